The van der Waals surface area contributed by atoms with Crippen LogP contribution in [0.2, 0.25) is 0 Å². The van der Waals surface area contributed by atoms with Crippen LogP contribution in [0.1, 0.15) is 36.8 Å². The van der Waals surface area contributed by atoms with E-state index in [0.29, 0.717) is 19.3 Å². The van der Waals surface area contributed by atoms with Gasteiger partial charge in [-0.3, -0.25) is 0 Å². The van der Waals surface area contributed by atoms with E-state index in [1.165, 1.54) is 0 Å². The predicted octanol–water partition coefficient (Wildman–Crippen LogP) is 5.51. The predicted molar refractivity (Wildman–Crippen MR) is 76.0 cm³/mol. The van der Waals surface area contributed by atoms with E-state index in [9.17, 15) is 13.2 Å². The molecule has 0 N–H and O–H groups in total. The van der Waals surface area contributed by atoms with Gasteiger partial charge in [0.25, 0.3) is 0 Å². The van der Waals surface area contributed by atoms with Crippen LogP contribution in [0.25, 0.3) is 0 Å². The van der Waals surface area contributed by atoms with Crippen LogP contribution in [0.15, 0.2) is 24.3 Å². The van der Waals surface area contributed by atoms with E-state index >= 15 is 0 Å². The third kappa shape index (κ3) is 3.91. The molecule has 0 bridgehead atoms. The van der Waals surface area contributed by atoms with Gasteiger partial charge < -0.3 is 0 Å². The second-order valence-electron chi connectivity index (χ2n) is 5.81. The average Bonchev–Trinajstić information content (AvgIpc) is 2.37. The lowest BCUT2D eigenvalue weighted by molar-refractivity contribution is -0.196. The van der Waals surface area contributed by atoms with Gasteiger partial charge in [-0.1, -0.05) is 42.7 Å². The molecule has 4 heteroatoms. The third-order valence-electron chi connectivity index (χ3n) is 4.22. The fourth-order valence-electron chi connectivity index (χ4n) is 3.21. The summed E-state index contributed by atoms with van der Waals surface area (Å²) in [5.41, 5.74) is 2.14. The van der Waals surface area contributed by atoms with Gasteiger partial charge in [0.15, 0.2) is 0 Å². The second-order valence-corrected chi connectivity index (χ2v) is 6.37. The summed E-state index contributed by atoms with van der Waals surface area (Å²) in [4.78, 5) is 0. The monoisotopic (exact) mass is 304 g/mol. The maximum Gasteiger partial charge on any atom is 0.392 e. The van der Waals surface area contributed by atoms with Gasteiger partial charge in [-0.25, -0.2) is 0 Å². The maximum atomic E-state index is 13.1. The van der Waals surface area contributed by atoms with Crippen molar-refractivity contribution in [2.75, 3.05) is 0 Å². The Morgan fingerprint density at radius 1 is 1.25 bits per heavy atom. The van der Waals surface area contributed by atoms with E-state index in [2.05, 4.69) is 0 Å². The second kappa shape index (κ2) is 6.38. The minimum atomic E-state index is -4.12. The number of hydrogen-bond donors (Lipinski definition) is 0. The highest BCUT2D eigenvalue weighted by atomic mass is 35.5. The number of aryl methyl sites for hydroxylation is 1. The Hall–Kier alpha value is -0.700. The Morgan fingerprint density at radius 2 is 1.95 bits per heavy atom. The van der Waals surface area contributed by atoms with Crippen molar-refractivity contribution in [1.82, 2.24) is 0 Å². The highest BCUT2D eigenvalue weighted by Crippen LogP contribution is 2.44. The first kappa shape index (κ1) is 15.7. The van der Waals surface area contributed by atoms with Crippen LogP contribution in [-0.4, -0.2) is 11.6 Å². The van der Waals surface area contributed by atoms with Crippen LogP contribution in [0, 0.1) is 18.8 Å². The van der Waals surface area contributed by atoms with Crippen molar-refractivity contribution in [3.8, 4) is 0 Å². The number of rotatable bonds is 3. The van der Waals surface area contributed by atoms with Crippen LogP contribution < -0.4 is 0 Å². The summed E-state index contributed by atoms with van der Waals surface area (Å²) < 4.78 is 39.3. The molecule has 0 amide bonds. The summed E-state index contributed by atoms with van der Waals surface area (Å²) in [5.74, 6) is -1.69. The van der Waals surface area contributed by atoms with Gasteiger partial charge in [0.1, 0.15) is 0 Å². The summed E-state index contributed by atoms with van der Waals surface area (Å²) in [6.45, 7) is 1.98. The molecular weight excluding hydrogens is 285 g/mol. The smallest absolute Gasteiger partial charge is 0.171 e. The number of benzene rings is 1. The normalized spacial score (nSPS) is 25.4. The van der Waals surface area contributed by atoms with Crippen molar-refractivity contribution in [3.63, 3.8) is 0 Å². The quantitative estimate of drug-likeness (QED) is 0.646. The average molecular weight is 305 g/mol. The van der Waals surface area contributed by atoms with Crippen molar-refractivity contribution in [1.29, 1.82) is 0 Å². The summed E-state index contributed by atoms with van der Waals surface area (Å²) in [7, 11) is 0. The van der Waals surface area contributed by atoms with Gasteiger partial charge >= 0.3 is 6.18 Å². The molecule has 0 nitrogen and oxygen atoms in total. The fraction of sp³-hybridized carbons (Fsp3) is 0.625. The number of alkyl halides is 4. The molecular formula is C16H20ClF3. The Balaban J connectivity index is 2.08. The molecule has 1 fully saturated rings. The first-order valence-corrected chi connectivity index (χ1v) is 7.58. The van der Waals surface area contributed by atoms with Gasteiger partial charge in [0.05, 0.1) is 5.92 Å². The molecule has 0 spiro atoms. The molecule has 0 aromatic heterocycles. The molecule has 1 aromatic carbocycles. The van der Waals surface area contributed by atoms with Gasteiger partial charge in [-0.15, -0.1) is 11.6 Å². The summed E-state index contributed by atoms with van der Waals surface area (Å²) >= 11 is 6.35. The van der Waals surface area contributed by atoms with Gasteiger partial charge in [-0.05, 0) is 37.7 Å². The van der Waals surface area contributed by atoms with E-state index in [0.717, 1.165) is 17.5 Å². The Labute approximate surface area is 123 Å². The molecule has 0 saturated heterocycles. The lowest BCUT2D eigenvalue weighted by atomic mass is 9.75. The first-order chi connectivity index (χ1) is 9.38. The van der Waals surface area contributed by atoms with Crippen molar-refractivity contribution in [2.45, 2.75) is 50.6 Å². The SMILES string of the molecule is Cc1cccc(CC(Cl)C2CCCCC2C(F)(F)F)c1. The van der Waals surface area contributed by atoms with Crippen LogP contribution in [0.4, 0.5) is 13.2 Å². The van der Waals surface area contributed by atoms with Crippen LogP contribution in [0.5, 0.6) is 0 Å². The highest BCUT2D eigenvalue weighted by Gasteiger charge is 2.47. The van der Waals surface area contributed by atoms with E-state index in [1.807, 2.05) is 31.2 Å². The molecule has 1 aliphatic carbocycles. The van der Waals surface area contributed by atoms with Gasteiger partial charge in [0.2, 0.25) is 0 Å². The number of hydrogen-bond acceptors (Lipinski definition) is 0. The van der Waals surface area contributed by atoms with Gasteiger partial charge in [-0.2, -0.15) is 13.2 Å². The van der Waals surface area contributed by atoms with Crippen molar-refractivity contribution < 1.29 is 13.2 Å². The lowest BCUT2D eigenvalue weighted by Gasteiger charge is -2.35. The molecule has 0 heterocycles. The van der Waals surface area contributed by atoms with Crippen LogP contribution in [-0.2, 0) is 6.42 Å². The van der Waals surface area contributed by atoms with E-state index in [1.54, 1.807) is 0 Å². The summed E-state index contributed by atoms with van der Waals surface area (Å²) in [6, 6.07) is 7.84. The minimum Gasteiger partial charge on any atom is -0.171 e. The Bertz CT molecular complexity index is 442. The molecule has 1 saturated carbocycles. The largest absolute Gasteiger partial charge is 0.392 e. The lowest BCUT2D eigenvalue weighted by Crippen LogP contribution is -2.38. The van der Waals surface area contributed by atoms with Crippen LogP contribution >= 0.6 is 11.6 Å². The molecule has 1 aromatic rings. The molecule has 2 rings (SSSR count). The first-order valence-electron chi connectivity index (χ1n) is 7.14. The van der Waals surface area contributed by atoms with Crippen molar-refractivity contribution >= 4 is 11.6 Å². The van der Waals surface area contributed by atoms with Crippen LogP contribution in [0.3, 0.4) is 0 Å². The number of halogens is 4. The molecule has 0 aliphatic heterocycles. The molecule has 112 valence electrons. The molecule has 0 radical (unpaired) electrons. The van der Waals surface area contributed by atoms with Crippen molar-refractivity contribution in [2.24, 2.45) is 11.8 Å². The summed E-state index contributed by atoms with van der Waals surface area (Å²) in [5, 5.41) is -0.441. The third-order valence-corrected chi connectivity index (χ3v) is 4.70. The van der Waals surface area contributed by atoms with Gasteiger partial charge in [0, 0.05) is 5.38 Å². The Kier molecular flexibility index (Phi) is 5.00. The molecule has 20 heavy (non-hydrogen) atoms. The molecule has 3 atom stereocenters. The zero-order chi connectivity index (χ0) is 14.8. The van der Waals surface area contributed by atoms with E-state index < -0.39 is 23.4 Å². The highest BCUT2D eigenvalue weighted by molar-refractivity contribution is 6.21. The summed E-state index contributed by atoms with van der Waals surface area (Å²) in [6.07, 6.45) is -1.27. The topological polar surface area (TPSA) is 0 Å². The standard InChI is InChI=1S/C16H20ClF3/c1-11-5-4-6-12(9-11)10-15(17)13-7-2-3-8-14(13)16(18,19)20/h4-6,9,13-15H,2-3,7-8,10H2,1H3. The van der Waals surface area contributed by atoms with E-state index in [4.69, 9.17) is 11.6 Å². The maximum absolute atomic E-state index is 13.1. The molecule has 1 aliphatic rings. The fourth-order valence-corrected chi connectivity index (χ4v) is 3.69. The van der Waals surface area contributed by atoms with Crippen molar-refractivity contribution in [3.05, 3.63) is 35.4 Å². The zero-order valence-electron chi connectivity index (χ0n) is 11.6. The molecule has 3 unspecified atom stereocenters. The van der Waals surface area contributed by atoms with E-state index in [-0.39, 0.29) is 6.42 Å². The zero-order valence-corrected chi connectivity index (χ0v) is 12.3. The Morgan fingerprint density at radius 3 is 2.60 bits per heavy atom. The minimum absolute atomic E-state index is 0.227.